The van der Waals surface area contributed by atoms with E-state index in [1.807, 2.05) is 36.4 Å². The Labute approximate surface area is 422 Å². The number of aryl methyl sites for hydroxylation is 10. The molecule has 0 saturated heterocycles. The van der Waals surface area contributed by atoms with Crippen LogP contribution in [0.25, 0.3) is 66.8 Å². The highest BCUT2D eigenvalue weighted by molar-refractivity contribution is 6.12. The quantitative estimate of drug-likeness (QED) is 0.116. The first-order valence-electron chi connectivity index (χ1n) is 31.6. The monoisotopic (exact) mass is 904 g/mol. The molecular formula is C63H52FN3O. The number of nitrogens with zero attached hydrogens (tertiary/aromatic N) is 3. The molecule has 0 N–H and O–H groups in total. The molecule has 0 atom stereocenters. The van der Waals surface area contributed by atoms with Crippen molar-refractivity contribution in [2.75, 3.05) is 0 Å². The lowest BCUT2D eigenvalue weighted by Crippen LogP contribution is -2.01. The highest BCUT2D eigenvalue weighted by atomic mass is 19.1. The van der Waals surface area contributed by atoms with Crippen LogP contribution >= 0.6 is 0 Å². The van der Waals surface area contributed by atoms with Crippen molar-refractivity contribution in [3.8, 4) is 44.9 Å². The predicted molar refractivity (Wildman–Crippen MR) is 274 cm³/mol. The molecule has 0 radical (unpaired) electrons. The minimum atomic E-state index is -3.23. The van der Waals surface area contributed by atoms with E-state index < -0.39 is 108 Å². The summed E-state index contributed by atoms with van der Waals surface area (Å²) in [6.07, 6.45) is -9.28. The summed E-state index contributed by atoms with van der Waals surface area (Å²) in [5, 5.41) is 0.500. The van der Waals surface area contributed by atoms with E-state index in [0.29, 0.717) is 16.8 Å². The lowest BCUT2D eigenvalue weighted by atomic mass is 9.94. The molecule has 0 fully saturated rings. The van der Waals surface area contributed by atoms with Crippen molar-refractivity contribution in [3.05, 3.63) is 232 Å². The van der Waals surface area contributed by atoms with Gasteiger partial charge in [0.2, 0.25) is 0 Å². The standard InChI is InChI=1S/C63H52FN3O/c64-57-29-28-55-54-13-6-14-56(62(54)68-63(55)61(57)49-7-2-1-3-8-49)60-32-23-43(40-67-60)17-20-46-34-44(18-15-41-21-30-58(65-38-41)52-26-24-47-9-4-11-50(47)36-52)33-45(35-46)19-16-42-22-31-59(66-39-42)53-27-25-48-10-5-12-51(48)37-53/h1-3,6-8,13-14,21-40H,4-5,9-12,15-20H2/i1D,2D,3D,7D,8D,15D2,16D2,17D2,18D2,19D2,20D2,29D. The van der Waals surface area contributed by atoms with Gasteiger partial charge in [-0.15, -0.1) is 0 Å². The largest absolute Gasteiger partial charge is 0.455 e. The minimum absolute atomic E-state index is 0.0731. The number of pyridine rings is 3. The van der Waals surface area contributed by atoms with Crippen molar-refractivity contribution in [3.63, 3.8) is 0 Å². The molecule has 0 bridgehead atoms. The molecule has 2 aliphatic carbocycles. The number of aromatic nitrogens is 3. The zero-order valence-corrected chi connectivity index (χ0v) is 36.6. The first-order chi connectivity index (χ1) is 40.6. The number of halogens is 1. The van der Waals surface area contributed by atoms with Gasteiger partial charge in [0.25, 0.3) is 0 Å². The van der Waals surface area contributed by atoms with Gasteiger partial charge in [-0.25, -0.2) is 4.39 Å². The Kier molecular flexibility index (Phi) is 7.19. The van der Waals surface area contributed by atoms with E-state index in [2.05, 4.69) is 15.0 Å². The van der Waals surface area contributed by atoms with Crippen LogP contribution in [0, 0.1) is 5.82 Å². The second kappa shape index (κ2) is 18.3. The number of fused-ring (bicyclic) bond motifs is 5. The molecule has 12 rings (SSSR count). The van der Waals surface area contributed by atoms with E-state index >= 15 is 4.39 Å². The van der Waals surface area contributed by atoms with Crippen LogP contribution in [0.5, 0.6) is 0 Å². The summed E-state index contributed by atoms with van der Waals surface area (Å²) in [6.45, 7) is 0. The van der Waals surface area contributed by atoms with Crippen LogP contribution < -0.4 is 0 Å². The molecule has 332 valence electrons. The second-order valence-electron chi connectivity index (χ2n) is 17.0. The highest BCUT2D eigenvalue weighted by Crippen LogP contribution is 2.41. The van der Waals surface area contributed by atoms with Crippen molar-refractivity contribution in [2.45, 2.75) is 76.8 Å². The molecule has 68 heavy (non-hydrogen) atoms. The van der Waals surface area contributed by atoms with Crippen LogP contribution in [0.4, 0.5) is 4.39 Å². The Bertz CT molecular complexity index is 4220. The predicted octanol–water partition coefficient (Wildman–Crippen LogP) is 14.9. The average molecular weight is 904 g/mol. The zero-order valence-electron chi connectivity index (χ0n) is 54.6. The maximum absolute atomic E-state index is 16.1. The zero-order chi connectivity index (χ0) is 61.4. The lowest BCUT2D eigenvalue weighted by Gasteiger charge is -2.12. The van der Waals surface area contributed by atoms with Gasteiger partial charge in [-0.1, -0.05) is 103 Å². The lowest BCUT2D eigenvalue weighted by molar-refractivity contribution is 0.622. The van der Waals surface area contributed by atoms with E-state index in [1.165, 1.54) is 65.0 Å². The fourth-order valence-electron chi connectivity index (χ4n) is 9.22. The molecule has 4 aromatic heterocycles. The molecule has 0 saturated carbocycles. The highest BCUT2D eigenvalue weighted by Gasteiger charge is 2.20. The number of rotatable bonds is 13. The summed E-state index contributed by atoms with van der Waals surface area (Å²) in [7, 11) is 0. The SMILES string of the molecule is [2H]c1cc2c(oc3c(-c4ccc(C([2H])([2H])C([2H])([2H])c5cc(C([2H])([2H])C([2H])([2H])c6ccc(-c7ccc8c(c7)CCC8)nc6)cc(C([2H])([2H])C([2H])([2H])c6ccc(-c7ccc8c(c7)CCC8)nc6)c5)cn4)cccc32)c(-c2c([2H])c([2H])c([2H])c([2H])c2[2H])c1F. The van der Waals surface area contributed by atoms with Gasteiger partial charge >= 0.3 is 0 Å². The smallest absolute Gasteiger partial charge is 0.146 e. The van der Waals surface area contributed by atoms with Crippen LogP contribution in [0.15, 0.2) is 175 Å². The van der Waals surface area contributed by atoms with E-state index in [9.17, 15) is 16.4 Å². The van der Waals surface area contributed by atoms with Crippen LogP contribution in [0.2, 0.25) is 0 Å². The van der Waals surface area contributed by atoms with Crippen molar-refractivity contribution in [1.29, 1.82) is 0 Å². The Hall–Kier alpha value is -7.50. The van der Waals surface area contributed by atoms with Gasteiger partial charge < -0.3 is 4.42 Å². The molecule has 10 aromatic rings. The van der Waals surface area contributed by atoms with Crippen LogP contribution in [-0.4, -0.2) is 15.0 Å². The molecule has 4 heterocycles. The molecule has 0 spiro atoms. The summed E-state index contributed by atoms with van der Waals surface area (Å²) in [5.74, 6) is -1.20. The number of para-hydroxylation sites is 1. The topological polar surface area (TPSA) is 51.8 Å². The minimum Gasteiger partial charge on any atom is -0.455 e. The van der Waals surface area contributed by atoms with E-state index in [1.54, 1.807) is 30.3 Å². The van der Waals surface area contributed by atoms with Gasteiger partial charge in [0, 0.05) is 62.5 Å². The van der Waals surface area contributed by atoms with Crippen molar-refractivity contribution in [1.82, 2.24) is 15.0 Å². The number of hydrogen-bond acceptors (Lipinski definition) is 4. The normalized spacial score (nSPS) is 18.2. The Morgan fingerprint density at radius 1 is 0.456 bits per heavy atom. The molecule has 0 amide bonds. The first kappa shape index (κ1) is 26.7. The summed E-state index contributed by atoms with van der Waals surface area (Å²) in [4.78, 5) is 13.6. The fourth-order valence-corrected chi connectivity index (χ4v) is 9.22. The van der Waals surface area contributed by atoms with Gasteiger partial charge in [0.05, 0.1) is 30.9 Å². The van der Waals surface area contributed by atoms with E-state index in [0.717, 1.165) is 74.0 Å². The van der Waals surface area contributed by atoms with Crippen LogP contribution in [0.1, 0.15) is 93.1 Å². The first-order valence-corrected chi connectivity index (χ1v) is 22.6. The van der Waals surface area contributed by atoms with E-state index in [-0.39, 0.29) is 44.5 Å². The molecule has 0 unspecified atom stereocenters. The summed E-state index contributed by atoms with van der Waals surface area (Å²) >= 11 is 0. The fraction of sp³-hybridized carbons (Fsp3) is 0.190. The van der Waals surface area contributed by atoms with Crippen molar-refractivity contribution in [2.24, 2.45) is 0 Å². The van der Waals surface area contributed by atoms with Crippen molar-refractivity contribution < 1.29 is 33.5 Å². The third kappa shape index (κ3) is 8.54. The average Bonchev–Trinajstić information content (AvgIpc) is 1.19. The van der Waals surface area contributed by atoms with Gasteiger partial charge in [-0.05, 0) is 186 Å². The summed E-state index contributed by atoms with van der Waals surface area (Å²) in [5.41, 5.74) is 3.99. The Morgan fingerprint density at radius 3 is 1.49 bits per heavy atom. The molecule has 0 aliphatic heterocycles. The number of hydrogen-bond donors (Lipinski definition) is 0. The van der Waals surface area contributed by atoms with Gasteiger partial charge in [0.1, 0.15) is 17.0 Å². The second-order valence-corrected chi connectivity index (χ2v) is 17.0. The number of benzene rings is 6. The molecule has 5 heteroatoms. The Balaban J connectivity index is 0.929. The van der Waals surface area contributed by atoms with Gasteiger partial charge in [-0.2, -0.15) is 0 Å². The molecule has 4 nitrogen and oxygen atoms in total. The number of furan rings is 1. The van der Waals surface area contributed by atoms with Crippen LogP contribution in [0.3, 0.4) is 0 Å². The maximum atomic E-state index is 16.1. The molecule has 2 aliphatic rings. The summed E-state index contributed by atoms with van der Waals surface area (Å²) < 4.78 is 187. The Morgan fingerprint density at radius 2 is 0.956 bits per heavy atom. The van der Waals surface area contributed by atoms with Gasteiger partial charge in [-0.3, -0.25) is 15.0 Å². The van der Waals surface area contributed by atoms with Gasteiger partial charge in [0.15, 0.2) is 0 Å². The van der Waals surface area contributed by atoms with Crippen molar-refractivity contribution >= 4 is 21.9 Å². The van der Waals surface area contributed by atoms with Crippen LogP contribution in [-0.2, 0) is 63.9 Å². The maximum Gasteiger partial charge on any atom is 0.146 e. The molecular weight excluding hydrogens is 834 g/mol. The third-order valence-corrected chi connectivity index (χ3v) is 12.6. The van der Waals surface area contributed by atoms with E-state index in [4.69, 9.17) is 12.6 Å². The molecule has 6 aromatic carbocycles. The summed E-state index contributed by atoms with van der Waals surface area (Å²) in [6, 6.07) is 25.0. The third-order valence-electron chi connectivity index (χ3n) is 12.6.